The van der Waals surface area contributed by atoms with Crippen LogP contribution in [0.4, 0.5) is 0 Å². The predicted molar refractivity (Wildman–Crippen MR) is 52.0 cm³/mol. The quantitative estimate of drug-likeness (QED) is 0.295. The summed E-state index contributed by atoms with van der Waals surface area (Å²) in [5, 5.41) is 55.2. The van der Waals surface area contributed by atoms with E-state index in [1.54, 1.807) is 0 Å². The van der Waals surface area contributed by atoms with Crippen molar-refractivity contribution in [3.05, 3.63) is 0 Å². The smallest absolute Gasteiger partial charge is 0.109 e. The minimum atomic E-state index is -1.61. The first-order valence-corrected chi connectivity index (χ1v) is 4.84. The molecule has 0 aromatic rings. The Morgan fingerprint density at radius 2 is 1.20 bits per heavy atom. The Labute approximate surface area is 88.4 Å². The fourth-order valence-electron chi connectivity index (χ4n) is 1.29. The van der Waals surface area contributed by atoms with Crippen molar-refractivity contribution in [2.75, 3.05) is 6.61 Å². The Morgan fingerprint density at radius 3 is 1.47 bits per heavy atom. The lowest BCUT2D eigenvalue weighted by molar-refractivity contribution is -0.133. The Hall–Kier alpha value is -0.240. The summed E-state index contributed by atoms with van der Waals surface area (Å²) in [4.78, 5) is 0. The Balaban J connectivity index is 4.46. The molecular weight excluding hydrogens is 204 g/mol. The largest absolute Gasteiger partial charge is 0.396 e. The lowest BCUT2D eigenvalue weighted by Gasteiger charge is -2.30. The monoisotopic (exact) mass is 224 g/mol. The molecule has 0 radical (unpaired) electrons. The molecule has 6 nitrogen and oxygen atoms in total. The van der Waals surface area contributed by atoms with Gasteiger partial charge >= 0.3 is 0 Å². The van der Waals surface area contributed by atoms with Crippen molar-refractivity contribution in [2.45, 2.75) is 44.4 Å². The summed E-state index contributed by atoms with van der Waals surface area (Å²) in [6, 6.07) is 0. The second kappa shape index (κ2) is 6.37. The van der Waals surface area contributed by atoms with Crippen LogP contribution in [0.1, 0.15) is 13.8 Å². The van der Waals surface area contributed by atoms with Crippen LogP contribution in [0, 0.1) is 5.92 Å². The van der Waals surface area contributed by atoms with E-state index in [1.165, 1.54) is 13.8 Å². The second-order valence-electron chi connectivity index (χ2n) is 3.80. The predicted octanol–water partition coefficient (Wildman–Crippen LogP) is -2.56. The highest BCUT2D eigenvalue weighted by molar-refractivity contribution is 4.85. The molecule has 0 aliphatic carbocycles. The molecule has 0 rings (SSSR count). The fraction of sp³-hybridized carbons (Fsp3) is 1.00. The third-order valence-corrected chi connectivity index (χ3v) is 2.46. The van der Waals surface area contributed by atoms with Crippen molar-refractivity contribution in [3.8, 4) is 0 Å². The molecule has 6 N–H and O–H groups in total. The third kappa shape index (κ3) is 4.02. The van der Waals surface area contributed by atoms with Crippen LogP contribution in [0.15, 0.2) is 0 Å². The SMILES string of the molecule is CC(O)C(O)C(O)C(O)C(CO)C(C)O. The molecule has 15 heavy (non-hydrogen) atoms. The van der Waals surface area contributed by atoms with Crippen LogP contribution < -0.4 is 0 Å². The van der Waals surface area contributed by atoms with Gasteiger partial charge in [-0.2, -0.15) is 0 Å². The van der Waals surface area contributed by atoms with Gasteiger partial charge in [0.05, 0.1) is 24.9 Å². The summed E-state index contributed by atoms with van der Waals surface area (Å²) in [6.07, 6.45) is -6.87. The maximum Gasteiger partial charge on any atom is 0.109 e. The lowest BCUT2D eigenvalue weighted by Crippen LogP contribution is -2.49. The van der Waals surface area contributed by atoms with Gasteiger partial charge in [-0.1, -0.05) is 0 Å². The minimum Gasteiger partial charge on any atom is -0.396 e. The summed E-state index contributed by atoms with van der Waals surface area (Å²) < 4.78 is 0. The molecule has 0 spiro atoms. The third-order valence-electron chi connectivity index (χ3n) is 2.46. The van der Waals surface area contributed by atoms with Crippen molar-refractivity contribution in [1.29, 1.82) is 0 Å². The molecule has 0 saturated carbocycles. The van der Waals surface area contributed by atoms with Gasteiger partial charge in [-0.05, 0) is 13.8 Å². The lowest BCUT2D eigenvalue weighted by atomic mass is 9.90. The van der Waals surface area contributed by atoms with Gasteiger partial charge in [0.1, 0.15) is 12.2 Å². The molecule has 92 valence electrons. The van der Waals surface area contributed by atoms with Crippen molar-refractivity contribution >= 4 is 0 Å². The zero-order valence-corrected chi connectivity index (χ0v) is 8.85. The van der Waals surface area contributed by atoms with E-state index in [1.807, 2.05) is 0 Å². The zero-order chi connectivity index (χ0) is 12.2. The highest BCUT2D eigenvalue weighted by Gasteiger charge is 2.35. The summed E-state index contributed by atoms with van der Waals surface area (Å²) in [7, 11) is 0. The molecule has 0 heterocycles. The van der Waals surface area contributed by atoms with Crippen molar-refractivity contribution in [3.63, 3.8) is 0 Å². The van der Waals surface area contributed by atoms with Crippen LogP contribution in [0.2, 0.25) is 0 Å². The van der Waals surface area contributed by atoms with E-state index in [9.17, 15) is 20.4 Å². The molecule has 6 unspecified atom stereocenters. The molecule has 0 saturated heterocycles. The summed E-state index contributed by atoms with van der Waals surface area (Å²) in [6.45, 7) is 2.09. The summed E-state index contributed by atoms with van der Waals surface area (Å²) in [5.41, 5.74) is 0. The standard InChI is InChI=1S/C9H20O6/c1-4(11)6(3-10)8(14)9(15)7(13)5(2)12/h4-15H,3H2,1-2H3. The average molecular weight is 224 g/mol. The highest BCUT2D eigenvalue weighted by Crippen LogP contribution is 2.16. The van der Waals surface area contributed by atoms with Gasteiger partial charge in [0.15, 0.2) is 0 Å². The molecule has 0 aliphatic rings. The van der Waals surface area contributed by atoms with Crippen LogP contribution in [0.25, 0.3) is 0 Å². The molecular formula is C9H20O6. The van der Waals surface area contributed by atoms with E-state index in [0.717, 1.165) is 0 Å². The molecule has 0 fully saturated rings. The van der Waals surface area contributed by atoms with E-state index >= 15 is 0 Å². The van der Waals surface area contributed by atoms with Gasteiger partial charge in [0.25, 0.3) is 0 Å². The van der Waals surface area contributed by atoms with Crippen LogP contribution in [0.3, 0.4) is 0 Å². The van der Waals surface area contributed by atoms with E-state index in [2.05, 4.69) is 0 Å². The van der Waals surface area contributed by atoms with Gasteiger partial charge in [-0.15, -0.1) is 0 Å². The van der Waals surface area contributed by atoms with E-state index in [0.29, 0.717) is 0 Å². The van der Waals surface area contributed by atoms with Crippen LogP contribution in [-0.2, 0) is 0 Å². The van der Waals surface area contributed by atoms with Gasteiger partial charge < -0.3 is 30.6 Å². The maximum atomic E-state index is 9.53. The number of rotatable bonds is 6. The highest BCUT2D eigenvalue weighted by atomic mass is 16.4. The number of hydrogen-bond acceptors (Lipinski definition) is 6. The van der Waals surface area contributed by atoms with Crippen molar-refractivity contribution in [2.24, 2.45) is 5.92 Å². The molecule has 0 bridgehead atoms. The fourth-order valence-corrected chi connectivity index (χ4v) is 1.29. The topological polar surface area (TPSA) is 121 Å². The average Bonchev–Trinajstić information content (AvgIpc) is 2.15. The van der Waals surface area contributed by atoms with Gasteiger partial charge in [-0.25, -0.2) is 0 Å². The van der Waals surface area contributed by atoms with Gasteiger partial charge in [0, 0.05) is 5.92 Å². The molecule has 0 aliphatic heterocycles. The summed E-state index contributed by atoms with van der Waals surface area (Å²) in [5.74, 6) is -0.964. The second-order valence-corrected chi connectivity index (χ2v) is 3.80. The normalized spacial score (nSPS) is 24.0. The first-order chi connectivity index (χ1) is 6.82. The number of aliphatic hydroxyl groups is 6. The van der Waals surface area contributed by atoms with Crippen LogP contribution in [-0.4, -0.2) is 67.8 Å². The first kappa shape index (κ1) is 14.8. The Morgan fingerprint density at radius 1 is 0.733 bits per heavy atom. The van der Waals surface area contributed by atoms with E-state index in [4.69, 9.17) is 10.2 Å². The Kier molecular flexibility index (Phi) is 6.26. The van der Waals surface area contributed by atoms with Crippen LogP contribution in [0.5, 0.6) is 0 Å². The first-order valence-electron chi connectivity index (χ1n) is 4.84. The zero-order valence-electron chi connectivity index (χ0n) is 8.85. The molecule has 6 heteroatoms. The van der Waals surface area contributed by atoms with Gasteiger partial charge in [0.2, 0.25) is 0 Å². The molecule has 0 aromatic heterocycles. The van der Waals surface area contributed by atoms with Gasteiger partial charge in [-0.3, -0.25) is 0 Å². The molecule has 0 aromatic carbocycles. The van der Waals surface area contributed by atoms with E-state index in [-0.39, 0.29) is 0 Å². The maximum absolute atomic E-state index is 9.53. The summed E-state index contributed by atoms with van der Waals surface area (Å²) >= 11 is 0. The minimum absolute atomic E-state index is 0.525. The molecule has 6 atom stereocenters. The van der Waals surface area contributed by atoms with Crippen molar-refractivity contribution in [1.82, 2.24) is 0 Å². The Bertz CT molecular complexity index is 172. The van der Waals surface area contributed by atoms with Crippen LogP contribution >= 0.6 is 0 Å². The number of aliphatic hydroxyl groups excluding tert-OH is 6. The molecule has 0 amide bonds. The van der Waals surface area contributed by atoms with Crippen molar-refractivity contribution < 1.29 is 30.6 Å². The number of hydrogen-bond donors (Lipinski definition) is 6. The van der Waals surface area contributed by atoms with E-state index < -0.39 is 43.0 Å².